The highest BCUT2D eigenvalue weighted by atomic mass is 32.2. The first-order valence-corrected chi connectivity index (χ1v) is 12.2. The van der Waals surface area contributed by atoms with Crippen molar-refractivity contribution in [2.75, 3.05) is 18.5 Å². The lowest BCUT2D eigenvalue weighted by atomic mass is 10.2. The number of rotatable bonds is 7. The van der Waals surface area contributed by atoms with Crippen LogP contribution in [0.3, 0.4) is 0 Å². The van der Waals surface area contributed by atoms with Gasteiger partial charge in [-0.3, -0.25) is 19.3 Å². The molecule has 0 fully saturated rings. The maximum atomic E-state index is 12.7. The fourth-order valence-electron chi connectivity index (χ4n) is 2.94. The summed E-state index contributed by atoms with van der Waals surface area (Å²) in [5.41, 5.74) is 0.874. The Hall–Kier alpha value is -2.79. The summed E-state index contributed by atoms with van der Waals surface area (Å²) < 4.78 is 32.8. The molecule has 3 rings (SSSR count). The molecular formula is C20H24N4O5S2. The van der Waals surface area contributed by atoms with Crippen molar-refractivity contribution in [2.24, 2.45) is 4.99 Å². The molecule has 0 saturated carbocycles. The molecule has 1 aliphatic heterocycles. The molecule has 0 bridgehead atoms. The molecule has 1 aromatic heterocycles. The number of ether oxygens (including phenoxy) is 1. The van der Waals surface area contributed by atoms with Gasteiger partial charge in [0.1, 0.15) is 5.84 Å². The van der Waals surface area contributed by atoms with Crippen molar-refractivity contribution in [1.29, 1.82) is 0 Å². The number of hydrogen-bond donors (Lipinski definition) is 2. The molecule has 1 amide bonds. The summed E-state index contributed by atoms with van der Waals surface area (Å²) in [5.74, 6) is -0.683. The Morgan fingerprint density at radius 3 is 2.84 bits per heavy atom. The normalized spacial score (nSPS) is 14.3. The number of sulfonamides is 1. The second-order valence-electron chi connectivity index (χ2n) is 7.02. The van der Waals surface area contributed by atoms with Crippen LogP contribution in [0.4, 0.5) is 5.69 Å². The summed E-state index contributed by atoms with van der Waals surface area (Å²) in [7, 11) is -3.82. The lowest BCUT2D eigenvalue weighted by Crippen LogP contribution is -2.30. The second-order valence-corrected chi connectivity index (χ2v) is 9.76. The zero-order valence-corrected chi connectivity index (χ0v) is 18.7. The van der Waals surface area contributed by atoms with Crippen molar-refractivity contribution in [1.82, 2.24) is 9.71 Å². The molecule has 0 radical (unpaired) electrons. The van der Waals surface area contributed by atoms with Crippen molar-refractivity contribution >= 4 is 44.8 Å². The quantitative estimate of drug-likeness (QED) is 0.606. The molecule has 0 spiro atoms. The highest BCUT2D eigenvalue weighted by Crippen LogP contribution is 2.17. The fourth-order valence-corrected chi connectivity index (χ4v) is 4.69. The van der Waals surface area contributed by atoms with E-state index in [0.29, 0.717) is 24.5 Å². The fraction of sp³-hybridized carbons (Fsp3) is 0.400. The minimum absolute atomic E-state index is 0.00754. The van der Waals surface area contributed by atoms with Gasteiger partial charge in [-0.1, -0.05) is 12.5 Å². The smallest absolute Gasteiger partial charge is 0.312 e. The molecule has 31 heavy (non-hydrogen) atoms. The number of aromatic nitrogens is 1. The number of anilines is 1. The molecule has 2 aromatic rings. The van der Waals surface area contributed by atoms with E-state index >= 15 is 0 Å². The monoisotopic (exact) mass is 464 g/mol. The number of amidine groups is 1. The van der Waals surface area contributed by atoms with E-state index in [4.69, 9.17) is 4.74 Å². The van der Waals surface area contributed by atoms with Crippen LogP contribution in [0.5, 0.6) is 0 Å². The summed E-state index contributed by atoms with van der Waals surface area (Å²) >= 11 is 1.43. The van der Waals surface area contributed by atoms with E-state index in [-0.39, 0.29) is 17.0 Å². The van der Waals surface area contributed by atoms with Crippen LogP contribution in [-0.4, -0.2) is 44.3 Å². The number of aliphatic imine (C=N–C) groups is 1. The van der Waals surface area contributed by atoms with Gasteiger partial charge in [-0.25, -0.2) is 13.4 Å². The van der Waals surface area contributed by atoms with E-state index in [1.165, 1.54) is 29.5 Å². The largest absolute Gasteiger partial charge is 0.455 e. The second kappa shape index (κ2) is 10.5. The number of nitrogens with zero attached hydrogens (tertiary/aromatic N) is 2. The molecule has 0 unspecified atom stereocenters. The number of nitrogens with one attached hydrogen (secondary N) is 2. The Labute approximate surface area is 185 Å². The number of thiazole rings is 1. The van der Waals surface area contributed by atoms with Crippen LogP contribution < -0.4 is 10.0 Å². The van der Waals surface area contributed by atoms with Crippen LogP contribution in [0.25, 0.3) is 0 Å². The third-order valence-corrected chi connectivity index (χ3v) is 6.61. The van der Waals surface area contributed by atoms with Crippen LogP contribution in [0.15, 0.2) is 39.5 Å². The molecule has 2 heterocycles. The zero-order chi connectivity index (χ0) is 22.3. The van der Waals surface area contributed by atoms with Gasteiger partial charge in [0, 0.05) is 24.0 Å². The maximum Gasteiger partial charge on any atom is 0.312 e. The van der Waals surface area contributed by atoms with Gasteiger partial charge < -0.3 is 10.1 Å². The molecule has 11 heteroatoms. The van der Waals surface area contributed by atoms with Crippen molar-refractivity contribution in [3.05, 3.63) is 40.3 Å². The van der Waals surface area contributed by atoms with Gasteiger partial charge in [0.15, 0.2) is 6.61 Å². The van der Waals surface area contributed by atoms with E-state index < -0.39 is 28.5 Å². The number of aryl methyl sites for hydroxylation is 1. The summed E-state index contributed by atoms with van der Waals surface area (Å²) in [4.78, 5) is 32.4. The third-order valence-electron chi connectivity index (χ3n) is 4.41. The predicted octanol–water partition coefficient (Wildman–Crippen LogP) is 2.43. The lowest BCUT2D eigenvalue weighted by molar-refractivity contribution is -0.146. The predicted molar refractivity (Wildman–Crippen MR) is 118 cm³/mol. The topological polar surface area (TPSA) is 127 Å². The Bertz CT molecular complexity index is 1080. The molecule has 0 saturated heterocycles. The summed E-state index contributed by atoms with van der Waals surface area (Å²) in [6, 6.07) is 5.86. The van der Waals surface area contributed by atoms with Crippen molar-refractivity contribution in [2.45, 2.75) is 43.9 Å². The minimum Gasteiger partial charge on any atom is -0.455 e. The molecule has 1 aromatic carbocycles. The number of hydrogen-bond acceptors (Lipinski definition) is 8. The zero-order valence-electron chi connectivity index (χ0n) is 17.1. The Morgan fingerprint density at radius 1 is 1.23 bits per heavy atom. The van der Waals surface area contributed by atoms with E-state index in [9.17, 15) is 18.0 Å². The number of esters is 1. The number of amides is 1. The molecule has 166 valence electrons. The Morgan fingerprint density at radius 2 is 2.06 bits per heavy atom. The van der Waals surface area contributed by atoms with E-state index in [1.807, 2.05) is 6.92 Å². The number of carbonyl (C=O) groups excluding carboxylic acids is 2. The van der Waals surface area contributed by atoms with Crippen molar-refractivity contribution < 1.29 is 22.7 Å². The first kappa shape index (κ1) is 22.9. The molecule has 1 aliphatic rings. The maximum absolute atomic E-state index is 12.7. The highest BCUT2D eigenvalue weighted by molar-refractivity contribution is 7.90. The van der Waals surface area contributed by atoms with E-state index in [1.54, 1.807) is 11.4 Å². The van der Waals surface area contributed by atoms with Gasteiger partial charge in [-0.2, -0.15) is 0 Å². The average Bonchev–Trinajstić information content (AvgIpc) is 2.96. The number of carbonyl (C=O) groups is 2. The SMILES string of the molecule is Cc1nc(CC(=O)OCC(=O)Nc2cccc(S(=O)(=O)NC3=NCCCCC3)c2)cs1. The van der Waals surface area contributed by atoms with Gasteiger partial charge in [-0.15, -0.1) is 11.3 Å². The van der Waals surface area contributed by atoms with Gasteiger partial charge >= 0.3 is 5.97 Å². The van der Waals surface area contributed by atoms with E-state index in [0.717, 1.165) is 24.3 Å². The third kappa shape index (κ3) is 7.14. The summed E-state index contributed by atoms with van der Waals surface area (Å²) in [6.45, 7) is 1.96. The molecular weight excluding hydrogens is 440 g/mol. The Kier molecular flexibility index (Phi) is 7.75. The molecule has 0 atom stereocenters. The average molecular weight is 465 g/mol. The van der Waals surface area contributed by atoms with Crippen LogP contribution in [0.2, 0.25) is 0 Å². The lowest BCUT2D eigenvalue weighted by Gasteiger charge is -2.11. The minimum atomic E-state index is -3.82. The van der Waals surface area contributed by atoms with Crippen LogP contribution >= 0.6 is 11.3 Å². The first-order valence-electron chi connectivity index (χ1n) is 9.84. The molecule has 2 N–H and O–H groups in total. The first-order chi connectivity index (χ1) is 14.8. The summed E-state index contributed by atoms with van der Waals surface area (Å²) in [5, 5.41) is 5.14. The van der Waals surface area contributed by atoms with Crippen LogP contribution in [0, 0.1) is 6.92 Å². The molecule has 0 aliphatic carbocycles. The van der Waals surface area contributed by atoms with Gasteiger partial charge in [-0.05, 0) is 38.0 Å². The van der Waals surface area contributed by atoms with Gasteiger partial charge in [0.25, 0.3) is 15.9 Å². The number of benzene rings is 1. The van der Waals surface area contributed by atoms with Crippen molar-refractivity contribution in [3.8, 4) is 0 Å². The Balaban J connectivity index is 1.54. The highest BCUT2D eigenvalue weighted by Gasteiger charge is 2.18. The van der Waals surface area contributed by atoms with Crippen LogP contribution in [0.1, 0.15) is 36.4 Å². The van der Waals surface area contributed by atoms with Crippen molar-refractivity contribution in [3.63, 3.8) is 0 Å². The van der Waals surface area contributed by atoms with Gasteiger partial charge in [0.05, 0.1) is 22.0 Å². The standard InChI is InChI=1S/C20H24N4O5S2/c1-14-22-16(13-30-14)11-20(26)29-12-19(25)23-15-6-5-7-17(10-15)31(27,28)24-18-8-3-2-4-9-21-18/h5-7,10,13H,2-4,8-9,11-12H2,1H3,(H,21,24)(H,23,25). The van der Waals surface area contributed by atoms with E-state index in [2.05, 4.69) is 20.0 Å². The molecule has 9 nitrogen and oxygen atoms in total. The summed E-state index contributed by atoms with van der Waals surface area (Å²) in [6.07, 6.45) is 3.42. The van der Waals surface area contributed by atoms with Gasteiger partial charge in [0.2, 0.25) is 0 Å². The van der Waals surface area contributed by atoms with Crippen LogP contribution in [-0.2, 0) is 30.8 Å².